The minimum Gasteiger partial charge on any atom is -0.307 e. The van der Waals surface area contributed by atoms with E-state index in [2.05, 4.69) is 14.8 Å². The monoisotopic (exact) mass is 464 g/mol. The number of amides is 1. The van der Waals surface area contributed by atoms with Gasteiger partial charge >= 0.3 is 6.55 Å². The van der Waals surface area contributed by atoms with Gasteiger partial charge in [-0.15, -0.1) is 0 Å². The summed E-state index contributed by atoms with van der Waals surface area (Å²) in [5.41, 5.74) is 0.771. The molecule has 170 valence electrons. The lowest BCUT2D eigenvalue weighted by molar-refractivity contribution is 0.0565. The highest BCUT2D eigenvalue weighted by molar-refractivity contribution is 7.89. The molecule has 0 spiro atoms. The van der Waals surface area contributed by atoms with Crippen molar-refractivity contribution in [2.24, 2.45) is 4.99 Å². The molecule has 2 aliphatic heterocycles. The van der Waals surface area contributed by atoms with Crippen LogP contribution in [0.15, 0.2) is 40.5 Å². The fourth-order valence-electron chi connectivity index (χ4n) is 3.99. The number of carbonyl (C=O) groups is 1. The molecule has 1 atom stereocenters. The maximum atomic E-state index is 13.4. The average molecular weight is 464 g/mol. The van der Waals surface area contributed by atoms with E-state index in [1.807, 2.05) is 18.7 Å². The number of rotatable bonds is 6. The molecule has 2 aromatic rings. The van der Waals surface area contributed by atoms with Gasteiger partial charge in [0.2, 0.25) is 16.0 Å². The van der Waals surface area contributed by atoms with Crippen LogP contribution in [0.1, 0.15) is 49.2 Å². The number of halogens is 2. The van der Waals surface area contributed by atoms with Crippen LogP contribution in [0.5, 0.6) is 0 Å². The second kappa shape index (κ2) is 7.07. The van der Waals surface area contributed by atoms with Gasteiger partial charge < -0.3 is 4.90 Å². The molecule has 1 saturated carbocycles. The topological polar surface area (TPSA) is 99.9 Å². The summed E-state index contributed by atoms with van der Waals surface area (Å²) in [5, 5.41) is 3.63. The summed E-state index contributed by atoms with van der Waals surface area (Å²) in [7, 11) is -3.80. The number of guanidine groups is 1. The Hall–Kier alpha value is -2.86. The molecule has 0 radical (unpaired) electrons. The summed E-state index contributed by atoms with van der Waals surface area (Å²) >= 11 is 0. The SMILES string of the molecule is C[C@@H]1CN=C2N(Cc3cnn(C(F)F)c3)C(=O)c3cc(S(=O)(=O)NC4(C)CC4)ccc3N21. The first-order chi connectivity index (χ1) is 15.1. The lowest BCUT2D eigenvalue weighted by Gasteiger charge is -2.38. The van der Waals surface area contributed by atoms with Crippen molar-refractivity contribution in [2.75, 3.05) is 11.4 Å². The van der Waals surface area contributed by atoms with Crippen molar-refractivity contribution in [1.82, 2.24) is 19.4 Å². The number of nitrogens with one attached hydrogen (secondary N) is 1. The number of hydrogen-bond donors (Lipinski definition) is 1. The zero-order valence-electron chi connectivity index (χ0n) is 17.5. The van der Waals surface area contributed by atoms with Crippen LogP contribution in [0.2, 0.25) is 0 Å². The van der Waals surface area contributed by atoms with E-state index in [0.29, 0.717) is 28.4 Å². The number of alkyl halides is 2. The minimum absolute atomic E-state index is 0.00966. The molecular formula is C20H22F2N6O3S. The molecule has 3 heterocycles. The van der Waals surface area contributed by atoms with Gasteiger partial charge in [0.15, 0.2) is 0 Å². The Labute approximate surface area is 183 Å². The third-order valence-electron chi connectivity index (χ3n) is 5.98. The van der Waals surface area contributed by atoms with E-state index in [-0.39, 0.29) is 23.0 Å². The zero-order chi connectivity index (χ0) is 22.8. The molecule has 12 heteroatoms. The zero-order valence-corrected chi connectivity index (χ0v) is 18.3. The Balaban J connectivity index is 1.52. The van der Waals surface area contributed by atoms with E-state index in [1.165, 1.54) is 29.4 Å². The van der Waals surface area contributed by atoms with Crippen LogP contribution >= 0.6 is 0 Å². The first-order valence-electron chi connectivity index (χ1n) is 10.2. The number of hydrogen-bond acceptors (Lipinski definition) is 6. The predicted molar refractivity (Wildman–Crippen MR) is 112 cm³/mol. The standard InChI is InChI=1S/C20H22F2N6O3S/c1-12-8-23-19-26(10-13-9-24-27(11-13)18(21)22)17(29)15-7-14(3-4-16(15)28(12)19)32(30,31)25-20(2)5-6-20/h3-4,7,9,11-12,18,25H,5-6,8,10H2,1-2H3/t12-/m1/s1. The highest BCUT2D eigenvalue weighted by Crippen LogP contribution is 2.38. The molecule has 0 bridgehead atoms. The fraction of sp³-hybridized carbons (Fsp3) is 0.450. The Morgan fingerprint density at radius 1 is 1.31 bits per heavy atom. The Morgan fingerprint density at radius 3 is 2.72 bits per heavy atom. The average Bonchev–Trinajstić information content (AvgIpc) is 3.12. The maximum absolute atomic E-state index is 13.4. The van der Waals surface area contributed by atoms with Crippen LogP contribution in [0.4, 0.5) is 14.5 Å². The number of anilines is 1. The van der Waals surface area contributed by atoms with Crippen LogP contribution in [-0.4, -0.2) is 53.1 Å². The highest BCUT2D eigenvalue weighted by atomic mass is 32.2. The van der Waals surface area contributed by atoms with E-state index in [9.17, 15) is 22.0 Å². The molecule has 3 aliphatic rings. The van der Waals surface area contributed by atoms with Gasteiger partial charge in [-0.2, -0.15) is 13.9 Å². The number of nitrogens with zero attached hydrogens (tertiary/aromatic N) is 5. The molecule has 5 rings (SSSR count). The molecule has 0 unspecified atom stereocenters. The third kappa shape index (κ3) is 3.47. The maximum Gasteiger partial charge on any atom is 0.333 e. The summed E-state index contributed by atoms with van der Waals surface area (Å²) in [6.07, 6.45) is 3.99. The van der Waals surface area contributed by atoms with Crippen LogP contribution in [0.3, 0.4) is 0 Å². The smallest absolute Gasteiger partial charge is 0.307 e. The van der Waals surface area contributed by atoms with Crippen LogP contribution in [0.25, 0.3) is 0 Å². The van der Waals surface area contributed by atoms with Gasteiger partial charge in [0.05, 0.1) is 41.5 Å². The van der Waals surface area contributed by atoms with Crippen molar-refractivity contribution in [3.63, 3.8) is 0 Å². The predicted octanol–water partition coefficient (Wildman–Crippen LogP) is 2.33. The van der Waals surface area contributed by atoms with Crippen molar-refractivity contribution in [2.45, 2.75) is 56.3 Å². The second-order valence-corrected chi connectivity index (χ2v) is 10.4. The Bertz CT molecular complexity index is 1240. The lowest BCUT2D eigenvalue weighted by Crippen LogP contribution is -2.52. The molecule has 1 N–H and O–H groups in total. The Kier molecular flexibility index (Phi) is 4.64. The molecule has 32 heavy (non-hydrogen) atoms. The van der Waals surface area contributed by atoms with Crippen molar-refractivity contribution in [3.05, 3.63) is 41.7 Å². The highest BCUT2D eigenvalue weighted by Gasteiger charge is 2.43. The summed E-state index contributed by atoms with van der Waals surface area (Å²) in [6, 6.07) is 4.45. The van der Waals surface area contributed by atoms with E-state index < -0.39 is 28.0 Å². The van der Waals surface area contributed by atoms with Crippen LogP contribution in [0, 0.1) is 0 Å². The van der Waals surface area contributed by atoms with Crippen molar-refractivity contribution >= 4 is 27.6 Å². The number of sulfonamides is 1. The van der Waals surface area contributed by atoms with Gasteiger partial charge in [-0.25, -0.2) is 17.8 Å². The van der Waals surface area contributed by atoms with Gasteiger partial charge in [-0.3, -0.25) is 14.7 Å². The normalized spacial score (nSPS) is 21.6. The summed E-state index contributed by atoms with van der Waals surface area (Å²) < 4.78 is 54.7. The molecule has 1 aliphatic carbocycles. The fourth-order valence-corrected chi connectivity index (χ4v) is 5.48. The number of aliphatic imine (C=N–C) groups is 1. The Morgan fingerprint density at radius 2 is 2.06 bits per heavy atom. The molecule has 1 amide bonds. The molecular weight excluding hydrogens is 442 g/mol. The van der Waals surface area contributed by atoms with Crippen molar-refractivity contribution in [1.29, 1.82) is 0 Å². The third-order valence-corrected chi connectivity index (χ3v) is 7.62. The van der Waals surface area contributed by atoms with Gasteiger partial charge in [-0.1, -0.05) is 0 Å². The van der Waals surface area contributed by atoms with Gasteiger partial charge in [-0.05, 0) is 44.9 Å². The number of aromatic nitrogens is 2. The molecule has 1 fully saturated rings. The van der Waals surface area contributed by atoms with E-state index in [4.69, 9.17) is 0 Å². The van der Waals surface area contributed by atoms with Gasteiger partial charge in [0.1, 0.15) is 0 Å². The van der Waals surface area contributed by atoms with Crippen LogP contribution < -0.4 is 9.62 Å². The van der Waals surface area contributed by atoms with E-state index in [0.717, 1.165) is 12.8 Å². The van der Waals surface area contributed by atoms with Gasteiger partial charge in [0, 0.05) is 17.3 Å². The first kappa shape index (κ1) is 21.0. The number of carbonyl (C=O) groups excluding carboxylic acids is 1. The van der Waals surface area contributed by atoms with Crippen molar-refractivity contribution < 1.29 is 22.0 Å². The van der Waals surface area contributed by atoms with Crippen LogP contribution in [-0.2, 0) is 16.6 Å². The molecule has 1 aromatic carbocycles. The van der Waals surface area contributed by atoms with Crippen molar-refractivity contribution in [3.8, 4) is 0 Å². The lowest BCUT2D eigenvalue weighted by atomic mass is 10.1. The summed E-state index contributed by atoms with van der Waals surface area (Å²) in [4.78, 5) is 21.2. The quantitative estimate of drug-likeness (QED) is 0.707. The van der Waals surface area contributed by atoms with Gasteiger partial charge in [0.25, 0.3) is 5.91 Å². The molecule has 9 nitrogen and oxygen atoms in total. The minimum atomic E-state index is -3.80. The summed E-state index contributed by atoms with van der Waals surface area (Å²) in [6.45, 7) is 1.44. The second-order valence-electron chi connectivity index (χ2n) is 8.70. The van der Waals surface area contributed by atoms with E-state index >= 15 is 0 Å². The van der Waals surface area contributed by atoms with E-state index in [1.54, 1.807) is 6.07 Å². The first-order valence-corrected chi connectivity index (χ1v) is 11.7. The summed E-state index contributed by atoms with van der Waals surface area (Å²) in [5.74, 6) is -0.0254. The number of benzene rings is 1. The largest absolute Gasteiger partial charge is 0.333 e. The molecule has 1 aromatic heterocycles. The molecule has 0 saturated heterocycles. The number of fused-ring (bicyclic) bond motifs is 3.